The minimum absolute atomic E-state index is 0.0791. The molecule has 0 fully saturated rings. The van der Waals surface area contributed by atoms with Crippen LogP contribution in [0.1, 0.15) is 18.9 Å². The lowest BCUT2D eigenvalue weighted by atomic mass is 10.1. The standard InChI is InChI=1S/C23H26N2O4S/c1-4-14-29-19-11-5-16(6-12-19)20-21(30-15-13-26)23(28)25(22(20)27)18-9-7-17(8-10-18)24(2)3/h5-12,26H,4,13-15H2,1-3H3. The topological polar surface area (TPSA) is 70.1 Å². The summed E-state index contributed by atoms with van der Waals surface area (Å²) in [5.41, 5.74) is 2.52. The maximum atomic E-state index is 13.3. The summed E-state index contributed by atoms with van der Waals surface area (Å²) in [6.07, 6.45) is 0.906. The van der Waals surface area contributed by atoms with E-state index in [-0.39, 0.29) is 18.4 Å². The SMILES string of the molecule is CCCOc1ccc(C2=C(SCCO)C(=O)N(c3ccc(N(C)C)cc3)C2=O)cc1. The van der Waals surface area contributed by atoms with Crippen LogP contribution in [0, 0.1) is 0 Å². The van der Waals surface area contributed by atoms with Gasteiger partial charge in [0.05, 0.1) is 29.4 Å². The Hall–Kier alpha value is -2.77. The highest BCUT2D eigenvalue weighted by atomic mass is 32.2. The zero-order valence-corrected chi connectivity index (χ0v) is 18.2. The largest absolute Gasteiger partial charge is 0.494 e. The molecule has 1 aliphatic rings. The Kier molecular flexibility index (Phi) is 7.18. The lowest BCUT2D eigenvalue weighted by Crippen LogP contribution is -2.31. The van der Waals surface area contributed by atoms with E-state index < -0.39 is 0 Å². The van der Waals surface area contributed by atoms with Gasteiger partial charge in [-0.3, -0.25) is 9.59 Å². The quantitative estimate of drug-likeness (QED) is 0.619. The molecule has 1 N–H and O–H groups in total. The lowest BCUT2D eigenvalue weighted by Gasteiger charge is -2.18. The van der Waals surface area contributed by atoms with Crippen molar-refractivity contribution in [3.63, 3.8) is 0 Å². The highest BCUT2D eigenvalue weighted by Gasteiger charge is 2.40. The summed E-state index contributed by atoms with van der Waals surface area (Å²) < 4.78 is 5.61. The first-order chi connectivity index (χ1) is 14.5. The lowest BCUT2D eigenvalue weighted by molar-refractivity contribution is -0.119. The number of aliphatic hydroxyl groups excluding tert-OH is 1. The van der Waals surface area contributed by atoms with E-state index in [9.17, 15) is 14.7 Å². The van der Waals surface area contributed by atoms with E-state index >= 15 is 0 Å². The van der Waals surface area contributed by atoms with Crippen LogP contribution in [-0.2, 0) is 9.59 Å². The molecule has 1 heterocycles. The predicted octanol–water partition coefficient (Wildman–Crippen LogP) is 3.55. The Bertz CT molecular complexity index is 937. The molecule has 0 aromatic heterocycles. The number of hydrogen-bond donors (Lipinski definition) is 1. The Labute approximate surface area is 181 Å². The van der Waals surface area contributed by atoms with E-state index in [4.69, 9.17) is 4.74 Å². The van der Waals surface area contributed by atoms with Crippen molar-refractivity contribution in [2.75, 3.05) is 42.9 Å². The third-order valence-electron chi connectivity index (χ3n) is 4.62. The summed E-state index contributed by atoms with van der Waals surface area (Å²) >= 11 is 1.20. The number of thioether (sulfide) groups is 1. The molecule has 3 rings (SSSR count). The van der Waals surface area contributed by atoms with Crippen molar-refractivity contribution in [2.24, 2.45) is 0 Å². The number of rotatable bonds is 9. The van der Waals surface area contributed by atoms with Crippen LogP contribution in [0.25, 0.3) is 5.57 Å². The molecule has 2 aromatic rings. The number of carbonyl (C=O) groups excluding carboxylic acids is 2. The Balaban J connectivity index is 1.95. The number of carbonyl (C=O) groups is 2. The smallest absolute Gasteiger partial charge is 0.272 e. The predicted molar refractivity (Wildman–Crippen MR) is 122 cm³/mol. The normalized spacial score (nSPS) is 13.9. The Morgan fingerprint density at radius 2 is 1.67 bits per heavy atom. The molecule has 1 aliphatic heterocycles. The van der Waals surface area contributed by atoms with E-state index in [2.05, 4.69) is 0 Å². The molecule has 0 unspecified atom stereocenters. The van der Waals surface area contributed by atoms with E-state index in [0.717, 1.165) is 17.9 Å². The van der Waals surface area contributed by atoms with E-state index in [0.29, 0.717) is 34.1 Å². The van der Waals surface area contributed by atoms with Gasteiger partial charge in [0, 0.05) is 25.5 Å². The molecule has 0 bridgehead atoms. The van der Waals surface area contributed by atoms with Gasteiger partial charge in [0.25, 0.3) is 11.8 Å². The van der Waals surface area contributed by atoms with Crippen LogP contribution in [0.4, 0.5) is 11.4 Å². The molecule has 158 valence electrons. The first-order valence-electron chi connectivity index (χ1n) is 9.85. The molecule has 0 saturated carbocycles. The van der Waals surface area contributed by atoms with Crippen LogP contribution in [0.3, 0.4) is 0 Å². The number of nitrogens with zero attached hydrogens (tertiary/aromatic N) is 2. The van der Waals surface area contributed by atoms with Crippen LogP contribution in [0.2, 0.25) is 0 Å². The van der Waals surface area contributed by atoms with Crippen molar-refractivity contribution in [2.45, 2.75) is 13.3 Å². The number of amides is 2. The minimum atomic E-state index is -0.364. The number of hydrogen-bond acceptors (Lipinski definition) is 6. The van der Waals surface area contributed by atoms with Crippen LogP contribution in [-0.4, -0.2) is 50.0 Å². The van der Waals surface area contributed by atoms with Crippen LogP contribution < -0.4 is 14.5 Å². The first-order valence-corrected chi connectivity index (χ1v) is 10.8. The number of benzene rings is 2. The molecule has 2 aromatic carbocycles. The fourth-order valence-corrected chi connectivity index (χ4v) is 3.98. The van der Waals surface area contributed by atoms with Crippen LogP contribution in [0.5, 0.6) is 5.75 Å². The number of ether oxygens (including phenoxy) is 1. The summed E-state index contributed by atoms with van der Waals surface area (Å²) in [6.45, 7) is 2.57. The third kappa shape index (κ3) is 4.52. The molecule has 0 saturated heterocycles. The summed E-state index contributed by atoms with van der Waals surface area (Å²) in [5.74, 6) is 0.333. The van der Waals surface area contributed by atoms with E-state index in [1.807, 2.05) is 38.1 Å². The molecule has 30 heavy (non-hydrogen) atoms. The molecular formula is C23H26N2O4S. The molecule has 0 atom stereocenters. The van der Waals surface area contributed by atoms with Crippen molar-refractivity contribution in [3.8, 4) is 5.75 Å². The summed E-state index contributed by atoms with van der Waals surface area (Å²) in [4.78, 5) is 29.9. The summed E-state index contributed by atoms with van der Waals surface area (Å²) in [7, 11) is 3.86. The highest BCUT2D eigenvalue weighted by Crippen LogP contribution is 2.39. The fraction of sp³-hybridized carbons (Fsp3) is 0.304. The second-order valence-electron chi connectivity index (χ2n) is 7.01. The maximum absolute atomic E-state index is 13.3. The molecule has 0 spiro atoms. The second kappa shape index (κ2) is 9.82. The van der Waals surface area contributed by atoms with E-state index in [1.165, 1.54) is 16.7 Å². The molecule has 7 heteroatoms. The zero-order chi connectivity index (χ0) is 21.7. The van der Waals surface area contributed by atoms with Gasteiger partial charge in [0.1, 0.15) is 5.75 Å². The molecule has 0 radical (unpaired) electrons. The molecular weight excluding hydrogens is 400 g/mol. The molecule has 6 nitrogen and oxygen atoms in total. The first kappa shape index (κ1) is 21.9. The van der Waals surface area contributed by atoms with Crippen molar-refractivity contribution < 1.29 is 19.4 Å². The van der Waals surface area contributed by atoms with Crippen molar-refractivity contribution >= 4 is 40.5 Å². The molecule has 2 amide bonds. The highest BCUT2D eigenvalue weighted by molar-refractivity contribution is 8.04. The van der Waals surface area contributed by atoms with Gasteiger partial charge in [0.2, 0.25) is 0 Å². The number of imide groups is 1. The van der Waals surface area contributed by atoms with Crippen molar-refractivity contribution in [1.29, 1.82) is 0 Å². The number of anilines is 2. The fourth-order valence-electron chi connectivity index (χ4n) is 3.12. The summed E-state index contributed by atoms with van der Waals surface area (Å²) in [6, 6.07) is 14.5. The van der Waals surface area contributed by atoms with Gasteiger partial charge in [0.15, 0.2) is 0 Å². The average Bonchev–Trinajstić information content (AvgIpc) is 3.00. The van der Waals surface area contributed by atoms with Gasteiger partial charge in [-0.05, 0) is 48.4 Å². The maximum Gasteiger partial charge on any atom is 0.272 e. The van der Waals surface area contributed by atoms with Gasteiger partial charge >= 0.3 is 0 Å². The third-order valence-corrected chi connectivity index (χ3v) is 5.67. The van der Waals surface area contributed by atoms with Crippen molar-refractivity contribution in [1.82, 2.24) is 0 Å². The summed E-state index contributed by atoms with van der Waals surface area (Å²) in [5, 5.41) is 9.25. The second-order valence-corrected chi connectivity index (χ2v) is 8.11. The van der Waals surface area contributed by atoms with Crippen molar-refractivity contribution in [3.05, 3.63) is 59.0 Å². The van der Waals surface area contributed by atoms with Gasteiger partial charge in [-0.1, -0.05) is 19.1 Å². The average molecular weight is 427 g/mol. The Morgan fingerprint density at radius 3 is 2.23 bits per heavy atom. The van der Waals surface area contributed by atoms with Gasteiger partial charge < -0.3 is 14.7 Å². The minimum Gasteiger partial charge on any atom is -0.494 e. The monoisotopic (exact) mass is 426 g/mol. The molecule has 0 aliphatic carbocycles. The van der Waals surface area contributed by atoms with Gasteiger partial charge in [-0.2, -0.15) is 0 Å². The number of aliphatic hydroxyl groups is 1. The zero-order valence-electron chi connectivity index (χ0n) is 17.4. The van der Waals surface area contributed by atoms with Gasteiger partial charge in [-0.25, -0.2) is 4.90 Å². The Morgan fingerprint density at radius 1 is 1.00 bits per heavy atom. The van der Waals surface area contributed by atoms with E-state index in [1.54, 1.807) is 36.4 Å². The van der Waals surface area contributed by atoms with Crippen LogP contribution >= 0.6 is 11.8 Å². The van der Waals surface area contributed by atoms with Gasteiger partial charge in [-0.15, -0.1) is 11.8 Å². The van der Waals surface area contributed by atoms with Crippen LogP contribution in [0.15, 0.2) is 53.4 Å².